The van der Waals surface area contributed by atoms with E-state index >= 15 is 0 Å². The van der Waals surface area contributed by atoms with Crippen molar-refractivity contribution in [3.63, 3.8) is 0 Å². The molecular weight excluding hydrogens is 274 g/mol. The SMILES string of the molecule is Cc1n[nH]c(C)c1-c1ccc2c(c1)CC1(CC2)CN=C(N)N1. The number of rotatable bonds is 1. The number of hydrogen-bond donors (Lipinski definition) is 3. The number of benzene rings is 1. The summed E-state index contributed by atoms with van der Waals surface area (Å²) in [6.45, 7) is 4.91. The quantitative estimate of drug-likeness (QED) is 0.751. The summed E-state index contributed by atoms with van der Waals surface area (Å²) in [7, 11) is 0. The van der Waals surface area contributed by atoms with Crippen LogP contribution in [0.1, 0.15) is 28.9 Å². The summed E-state index contributed by atoms with van der Waals surface area (Å²) < 4.78 is 0. The van der Waals surface area contributed by atoms with Gasteiger partial charge in [-0.15, -0.1) is 0 Å². The number of guanidine groups is 1. The first-order valence-corrected chi connectivity index (χ1v) is 7.78. The first kappa shape index (κ1) is 13.4. The molecular formula is C17H21N5. The Labute approximate surface area is 130 Å². The molecule has 4 rings (SSSR count). The van der Waals surface area contributed by atoms with Gasteiger partial charge in [0.15, 0.2) is 5.96 Å². The van der Waals surface area contributed by atoms with Crippen molar-refractivity contribution in [1.29, 1.82) is 0 Å². The Balaban J connectivity index is 1.72. The molecule has 0 bridgehead atoms. The van der Waals surface area contributed by atoms with Crippen molar-refractivity contribution >= 4 is 5.96 Å². The second-order valence-electron chi connectivity index (χ2n) is 6.58. The molecule has 114 valence electrons. The molecule has 22 heavy (non-hydrogen) atoms. The number of aromatic nitrogens is 2. The molecule has 1 aliphatic carbocycles. The largest absolute Gasteiger partial charge is 0.370 e. The smallest absolute Gasteiger partial charge is 0.189 e. The van der Waals surface area contributed by atoms with Gasteiger partial charge in [-0.05, 0) is 49.8 Å². The van der Waals surface area contributed by atoms with E-state index in [-0.39, 0.29) is 5.54 Å². The van der Waals surface area contributed by atoms with E-state index in [2.05, 4.69) is 45.6 Å². The highest BCUT2D eigenvalue weighted by Crippen LogP contribution is 2.34. The molecule has 1 spiro atoms. The molecule has 0 saturated heterocycles. The Morgan fingerprint density at radius 3 is 2.77 bits per heavy atom. The lowest BCUT2D eigenvalue weighted by Gasteiger charge is -2.34. The van der Waals surface area contributed by atoms with Gasteiger partial charge in [0.05, 0.1) is 17.8 Å². The van der Waals surface area contributed by atoms with Crippen LogP contribution in [-0.4, -0.2) is 28.2 Å². The molecule has 0 saturated carbocycles. The van der Waals surface area contributed by atoms with Crippen molar-refractivity contribution in [2.45, 2.75) is 38.6 Å². The maximum atomic E-state index is 5.83. The van der Waals surface area contributed by atoms with E-state index < -0.39 is 0 Å². The van der Waals surface area contributed by atoms with Crippen LogP contribution in [0, 0.1) is 13.8 Å². The van der Waals surface area contributed by atoms with Crippen LogP contribution in [0.25, 0.3) is 11.1 Å². The minimum Gasteiger partial charge on any atom is -0.370 e. The number of aromatic amines is 1. The zero-order valence-corrected chi connectivity index (χ0v) is 13.0. The second-order valence-corrected chi connectivity index (χ2v) is 6.58. The molecule has 1 aromatic carbocycles. The fourth-order valence-corrected chi connectivity index (χ4v) is 3.82. The molecule has 2 aromatic rings. The molecule has 0 fully saturated rings. The van der Waals surface area contributed by atoms with Crippen molar-refractivity contribution in [3.05, 3.63) is 40.7 Å². The number of nitrogens with two attached hydrogens (primary N) is 1. The lowest BCUT2D eigenvalue weighted by Crippen LogP contribution is -2.51. The van der Waals surface area contributed by atoms with Gasteiger partial charge in [-0.2, -0.15) is 5.10 Å². The molecule has 1 aromatic heterocycles. The molecule has 5 nitrogen and oxygen atoms in total. The van der Waals surface area contributed by atoms with Crippen LogP contribution in [-0.2, 0) is 12.8 Å². The third-order valence-electron chi connectivity index (χ3n) is 4.97. The zero-order chi connectivity index (χ0) is 15.3. The fraction of sp³-hybridized carbons (Fsp3) is 0.412. The van der Waals surface area contributed by atoms with Crippen LogP contribution in [0.3, 0.4) is 0 Å². The highest BCUT2D eigenvalue weighted by atomic mass is 15.2. The van der Waals surface area contributed by atoms with Gasteiger partial charge in [-0.3, -0.25) is 10.1 Å². The van der Waals surface area contributed by atoms with Gasteiger partial charge in [0.25, 0.3) is 0 Å². The van der Waals surface area contributed by atoms with Gasteiger partial charge >= 0.3 is 0 Å². The third-order valence-corrected chi connectivity index (χ3v) is 4.97. The Hall–Kier alpha value is -2.30. The van der Waals surface area contributed by atoms with Crippen LogP contribution in [0.2, 0.25) is 0 Å². The Morgan fingerprint density at radius 2 is 2.09 bits per heavy atom. The summed E-state index contributed by atoms with van der Waals surface area (Å²) in [4.78, 5) is 4.35. The molecule has 4 N–H and O–H groups in total. The van der Waals surface area contributed by atoms with Crippen LogP contribution in [0.5, 0.6) is 0 Å². The van der Waals surface area contributed by atoms with Crippen molar-refractivity contribution in [3.8, 4) is 11.1 Å². The first-order chi connectivity index (χ1) is 10.6. The van der Waals surface area contributed by atoms with E-state index in [0.29, 0.717) is 5.96 Å². The van der Waals surface area contributed by atoms with Crippen LogP contribution >= 0.6 is 0 Å². The van der Waals surface area contributed by atoms with E-state index in [0.717, 1.165) is 37.2 Å². The predicted molar refractivity (Wildman–Crippen MR) is 87.9 cm³/mol. The summed E-state index contributed by atoms with van der Waals surface area (Å²) in [6, 6.07) is 6.80. The molecule has 0 amide bonds. The summed E-state index contributed by atoms with van der Waals surface area (Å²) in [5.41, 5.74) is 13.3. The van der Waals surface area contributed by atoms with Gasteiger partial charge in [0, 0.05) is 11.3 Å². The van der Waals surface area contributed by atoms with E-state index in [9.17, 15) is 0 Å². The standard InChI is InChI=1S/C17H21N5/c1-10-15(11(2)22-21-10)13-4-3-12-5-6-17(8-14(12)7-13)9-19-16(18)20-17/h3-4,7H,5-6,8-9H2,1-2H3,(H,21,22)(H3,18,19,20). The van der Waals surface area contributed by atoms with Gasteiger partial charge in [-0.25, -0.2) is 0 Å². The van der Waals surface area contributed by atoms with Crippen molar-refractivity contribution in [2.75, 3.05) is 6.54 Å². The van der Waals surface area contributed by atoms with E-state index in [1.165, 1.54) is 22.3 Å². The fourth-order valence-electron chi connectivity index (χ4n) is 3.82. The Morgan fingerprint density at radius 1 is 1.23 bits per heavy atom. The van der Waals surface area contributed by atoms with E-state index in [4.69, 9.17) is 5.73 Å². The highest BCUT2D eigenvalue weighted by molar-refractivity contribution is 5.81. The highest BCUT2D eigenvalue weighted by Gasteiger charge is 2.37. The lowest BCUT2D eigenvalue weighted by molar-refractivity contribution is 0.361. The zero-order valence-electron chi connectivity index (χ0n) is 13.0. The maximum absolute atomic E-state index is 5.83. The minimum atomic E-state index is 0.0240. The monoisotopic (exact) mass is 295 g/mol. The number of nitrogens with one attached hydrogen (secondary N) is 2. The van der Waals surface area contributed by atoms with Crippen molar-refractivity contribution in [1.82, 2.24) is 15.5 Å². The number of aliphatic imine (C=N–C) groups is 1. The van der Waals surface area contributed by atoms with Crippen LogP contribution in [0.4, 0.5) is 0 Å². The predicted octanol–water partition coefficient (Wildman–Crippen LogP) is 1.84. The summed E-state index contributed by atoms with van der Waals surface area (Å²) in [5.74, 6) is 0.584. The topological polar surface area (TPSA) is 79.1 Å². The third kappa shape index (κ3) is 2.00. The summed E-state index contributed by atoms with van der Waals surface area (Å²) >= 11 is 0. The number of aryl methyl sites for hydroxylation is 3. The van der Waals surface area contributed by atoms with Gasteiger partial charge in [-0.1, -0.05) is 18.2 Å². The van der Waals surface area contributed by atoms with Gasteiger partial charge < -0.3 is 11.1 Å². The normalized spacial score (nSPS) is 23.3. The van der Waals surface area contributed by atoms with Crippen LogP contribution in [0.15, 0.2) is 23.2 Å². The Bertz CT molecular complexity index is 754. The number of hydrogen-bond acceptors (Lipinski definition) is 4. The minimum absolute atomic E-state index is 0.0240. The number of fused-ring (bicyclic) bond motifs is 1. The average molecular weight is 295 g/mol. The van der Waals surface area contributed by atoms with Crippen molar-refractivity contribution in [2.24, 2.45) is 10.7 Å². The second kappa shape index (κ2) is 4.60. The molecule has 0 radical (unpaired) electrons. The molecule has 1 aliphatic heterocycles. The van der Waals surface area contributed by atoms with Crippen molar-refractivity contribution < 1.29 is 0 Å². The Kier molecular flexibility index (Phi) is 2.79. The molecule has 1 atom stereocenters. The van der Waals surface area contributed by atoms with E-state index in [1.807, 2.05) is 6.92 Å². The lowest BCUT2D eigenvalue weighted by atomic mass is 9.77. The van der Waals surface area contributed by atoms with Gasteiger partial charge in [0.2, 0.25) is 0 Å². The molecule has 1 unspecified atom stereocenters. The molecule has 2 heterocycles. The molecule has 2 aliphatic rings. The summed E-state index contributed by atoms with van der Waals surface area (Å²) in [6.07, 6.45) is 3.15. The number of nitrogens with zero attached hydrogens (tertiary/aromatic N) is 2. The first-order valence-electron chi connectivity index (χ1n) is 7.78. The number of H-pyrrole nitrogens is 1. The maximum Gasteiger partial charge on any atom is 0.189 e. The van der Waals surface area contributed by atoms with E-state index in [1.54, 1.807) is 0 Å². The molecule has 5 heteroatoms. The average Bonchev–Trinajstić information content (AvgIpc) is 3.01. The van der Waals surface area contributed by atoms with Gasteiger partial charge in [0.1, 0.15) is 0 Å². The summed E-state index contributed by atoms with van der Waals surface area (Å²) in [5, 5.41) is 10.8. The van der Waals surface area contributed by atoms with Crippen LogP contribution < -0.4 is 11.1 Å².